The number of hydrogen-bond donors (Lipinski definition) is 0. The molecule has 2 nitrogen and oxygen atoms in total. The average Bonchev–Trinajstić information content (AvgIpc) is 2.87. The van der Waals surface area contributed by atoms with Crippen molar-refractivity contribution in [1.29, 1.82) is 0 Å². The van der Waals surface area contributed by atoms with Gasteiger partial charge in [0.1, 0.15) is 11.6 Å². The lowest BCUT2D eigenvalue weighted by molar-refractivity contribution is 0.363. The molecule has 0 aliphatic heterocycles. The van der Waals surface area contributed by atoms with Crippen molar-refractivity contribution < 1.29 is 26.0 Å². The van der Waals surface area contributed by atoms with Crippen LogP contribution in [0.15, 0.2) is 107 Å². The first-order valence-electron chi connectivity index (χ1n) is 12.0. The van der Waals surface area contributed by atoms with E-state index >= 15 is 8.78 Å². The van der Waals surface area contributed by atoms with Gasteiger partial charge in [-0.3, -0.25) is 0 Å². The Morgan fingerprint density at radius 2 is 1.10 bits per heavy atom. The lowest BCUT2D eigenvalue weighted by Gasteiger charge is -2.25. The number of benzene rings is 2. The van der Waals surface area contributed by atoms with Gasteiger partial charge >= 0.3 is 0 Å². The van der Waals surface area contributed by atoms with Crippen LogP contribution in [0.4, 0.5) is 17.6 Å². The molecule has 9 heteroatoms. The molecule has 0 saturated heterocycles. The van der Waals surface area contributed by atoms with Crippen LogP contribution in [0.25, 0.3) is 12.2 Å². The molecule has 0 heterocycles. The van der Waals surface area contributed by atoms with Gasteiger partial charge in [0, 0.05) is 33.0 Å². The number of halogens is 6. The van der Waals surface area contributed by atoms with Crippen molar-refractivity contribution in [2.45, 2.75) is 11.3 Å². The van der Waals surface area contributed by atoms with E-state index in [0.717, 1.165) is 24.3 Å². The Balaban J connectivity index is 1.40. The number of hydrogen-bond acceptors (Lipinski definition) is 2. The first kappa shape index (κ1) is 29.1. The summed E-state index contributed by atoms with van der Waals surface area (Å²) in [5, 5.41) is -0.0210. The van der Waals surface area contributed by atoms with Crippen molar-refractivity contribution in [1.82, 2.24) is 0 Å². The fourth-order valence-corrected chi connectivity index (χ4v) is 6.82. The molecule has 4 unspecified atom stereocenters. The molecule has 204 valence electrons. The molecule has 4 rings (SSSR count). The zero-order valence-electron chi connectivity index (χ0n) is 20.5. The van der Waals surface area contributed by atoms with Crippen molar-refractivity contribution in [3.8, 4) is 0 Å². The van der Waals surface area contributed by atoms with E-state index in [1.54, 1.807) is 12.1 Å². The molecular weight excluding hydrogens is 571 g/mol. The standard InChI is InChI=1S/C30H24Cl2F4O2S/c31-25-17-29(35,13-9-21-5-1-3-7-27(21)33)15-11-23(25)19-39(37,38)20-24-12-16-30(36,18-26(24)32)14-10-22-6-2-4-8-28(22)34/h1-18,23-24H,19-20H2/b13-9+,14-10+. The minimum absolute atomic E-state index is 0.0105. The highest BCUT2D eigenvalue weighted by Gasteiger charge is 2.33. The van der Waals surface area contributed by atoms with Gasteiger partial charge in [-0.25, -0.2) is 26.0 Å². The Morgan fingerprint density at radius 1 is 0.718 bits per heavy atom. The van der Waals surface area contributed by atoms with Crippen molar-refractivity contribution in [2.75, 3.05) is 11.5 Å². The maximum absolute atomic E-state index is 15.2. The highest BCUT2D eigenvalue weighted by Crippen LogP contribution is 2.36. The van der Waals surface area contributed by atoms with E-state index in [4.69, 9.17) is 23.2 Å². The van der Waals surface area contributed by atoms with Gasteiger partial charge in [-0.05, 0) is 48.6 Å². The van der Waals surface area contributed by atoms with Gasteiger partial charge in [0.15, 0.2) is 21.2 Å². The Bertz CT molecular complexity index is 1420. The summed E-state index contributed by atoms with van der Waals surface area (Å²) < 4.78 is 84.0. The van der Waals surface area contributed by atoms with Crippen LogP contribution >= 0.6 is 23.2 Å². The third kappa shape index (κ3) is 7.62. The van der Waals surface area contributed by atoms with Gasteiger partial charge in [-0.2, -0.15) is 0 Å². The molecule has 0 saturated carbocycles. The van der Waals surface area contributed by atoms with Crippen LogP contribution in [0.1, 0.15) is 11.1 Å². The molecule has 0 N–H and O–H groups in total. The Kier molecular flexibility index (Phi) is 8.74. The number of allylic oxidation sites excluding steroid dienone is 10. The molecule has 0 bridgehead atoms. The van der Waals surface area contributed by atoms with E-state index in [-0.39, 0.29) is 21.2 Å². The molecule has 2 aromatic carbocycles. The number of rotatable bonds is 8. The van der Waals surface area contributed by atoms with E-state index in [1.165, 1.54) is 72.9 Å². The highest BCUT2D eigenvalue weighted by molar-refractivity contribution is 7.91. The molecule has 0 spiro atoms. The average molecular weight is 595 g/mol. The maximum atomic E-state index is 15.2. The van der Waals surface area contributed by atoms with Gasteiger partial charge < -0.3 is 0 Å². The summed E-state index contributed by atoms with van der Waals surface area (Å²) >= 11 is 12.5. The molecule has 2 aliphatic rings. The van der Waals surface area contributed by atoms with E-state index < -0.39 is 56.2 Å². The molecule has 0 radical (unpaired) electrons. The fraction of sp³-hybridized carbons (Fsp3) is 0.200. The van der Waals surface area contributed by atoms with Gasteiger partial charge in [-0.1, -0.05) is 83.9 Å². The predicted molar refractivity (Wildman–Crippen MR) is 150 cm³/mol. The molecule has 39 heavy (non-hydrogen) atoms. The van der Waals surface area contributed by atoms with Crippen LogP contribution in [-0.2, 0) is 9.84 Å². The second-order valence-electron chi connectivity index (χ2n) is 9.43. The highest BCUT2D eigenvalue weighted by atomic mass is 35.5. The predicted octanol–water partition coefficient (Wildman–Crippen LogP) is 8.14. The minimum atomic E-state index is -3.78. The number of alkyl halides is 2. The van der Waals surface area contributed by atoms with Crippen LogP contribution in [0.5, 0.6) is 0 Å². The molecule has 2 aromatic rings. The van der Waals surface area contributed by atoms with Crippen LogP contribution in [-0.4, -0.2) is 31.3 Å². The Morgan fingerprint density at radius 3 is 1.46 bits per heavy atom. The molecular formula is C30H24Cl2F4O2S. The zero-order chi connectivity index (χ0) is 28.3. The number of sulfone groups is 1. The van der Waals surface area contributed by atoms with Gasteiger partial charge in [-0.15, -0.1) is 0 Å². The third-order valence-corrected chi connectivity index (χ3v) is 8.82. The Labute approximate surface area is 235 Å². The maximum Gasteiger partial charge on any atom is 0.167 e. The topological polar surface area (TPSA) is 34.1 Å². The van der Waals surface area contributed by atoms with E-state index in [2.05, 4.69) is 0 Å². The van der Waals surface area contributed by atoms with Crippen LogP contribution in [0, 0.1) is 23.5 Å². The van der Waals surface area contributed by atoms with Gasteiger partial charge in [0.25, 0.3) is 0 Å². The van der Waals surface area contributed by atoms with Crippen LogP contribution in [0.3, 0.4) is 0 Å². The smallest absolute Gasteiger partial charge is 0.167 e. The van der Waals surface area contributed by atoms with Crippen LogP contribution in [0.2, 0.25) is 0 Å². The van der Waals surface area contributed by atoms with Crippen molar-refractivity contribution in [3.05, 3.63) is 130 Å². The van der Waals surface area contributed by atoms with E-state index in [1.807, 2.05) is 0 Å². The quantitative estimate of drug-likeness (QED) is 0.228. The normalized spacial score (nSPS) is 27.2. The zero-order valence-corrected chi connectivity index (χ0v) is 22.8. The first-order chi connectivity index (χ1) is 18.4. The van der Waals surface area contributed by atoms with E-state index in [0.29, 0.717) is 0 Å². The lowest BCUT2D eigenvalue weighted by atomic mass is 9.93. The summed E-state index contributed by atoms with van der Waals surface area (Å²) in [6, 6.07) is 11.8. The molecule has 0 amide bonds. The fourth-order valence-electron chi connectivity index (χ4n) is 4.19. The molecule has 0 aromatic heterocycles. The molecule has 4 atom stereocenters. The molecule has 2 aliphatic carbocycles. The SMILES string of the molecule is O=S(=O)(CC1C=CC(F)(/C=C/c2ccccc2F)C=C1Cl)CC1C=CC(F)(/C=C/c2ccccc2F)C=C1Cl. The summed E-state index contributed by atoms with van der Waals surface area (Å²) in [5.41, 5.74) is -3.83. The first-order valence-corrected chi connectivity index (χ1v) is 14.6. The second kappa shape index (κ2) is 11.7. The molecule has 0 fully saturated rings. The van der Waals surface area contributed by atoms with Crippen molar-refractivity contribution in [3.63, 3.8) is 0 Å². The minimum Gasteiger partial charge on any atom is -0.230 e. The third-order valence-electron chi connectivity index (χ3n) is 6.31. The Hall–Kier alpha value is -2.87. The summed E-state index contributed by atoms with van der Waals surface area (Å²) in [5.74, 6) is -3.41. The summed E-state index contributed by atoms with van der Waals surface area (Å²) in [6.07, 6.45) is 12.1. The van der Waals surface area contributed by atoms with Gasteiger partial charge in [0.05, 0.1) is 11.5 Å². The van der Waals surface area contributed by atoms with Crippen molar-refractivity contribution in [2.24, 2.45) is 11.8 Å². The lowest BCUT2D eigenvalue weighted by Crippen LogP contribution is -2.28. The monoisotopic (exact) mass is 594 g/mol. The largest absolute Gasteiger partial charge is 0.230 e. The summed E-state index contributed by atoms with van der Waals surface area (Å²) in [4.78, 5) is 0. The summed E-state index contributed by atoms with van der Waals surface area (Å²) in [6.45, 7) is 0. The van der Waals surface area contributed by atoms with Crippen LogP contribution < -0.4 is 0 Å². The summed E-state index contributed by atoms with van der Waals surface area (Å²) in [7, 11) is -3.78. The van der Waals surface area contributed by atoms with Crippen molar-refractivity contribution >= 4 is 45.2 Å². The van der Waals surface area contributed by atoms with E-state index in [9.17, 15) is 17.2 Å². The second-order valence-corrected chi connectivity index (χ2v) is 12.5. The van der Waals surface area contributed by atoms with Gasteiger partial charge in [0.2, 0.25) is 0 Å².